The van der Waals surface area contributed by atoms with Crippen LogP contribution in [0.15, 0.2) is 61.2 Å². The monoisotopic (exact) mass is 390 g/mol. The van der Waals surface area contributed by atoms with E-state index in [1.54, 1.807) is 11.0 Å². The smallest absolute Gasteiger partial charge is 0.416 e. The highest BCUT2D eigenvalue weighted by molar-refractivity contribution is 5.78. The third-order valence-electron chi connectivity index (χ3n) is 4.01. The third-order valence-corrected chi connectivity index (χ3v) is 4.01. The molecule has 0 aliphatic rings. The van der Waals surface area contributed by atoms with Gasteiger partial charge in [-0.2, -0.15) is 18.3 Å². The minimum atomic E-state index is -4.41. The molecule has 146 valence electrons. The molecular formula is C19H17F3N4O2. The number of halogens is 3. The van der Waals surface area contributed by atoms with Gasteiger partial charge in [0.25, 0.3) is 5.91 Å². The van der Waals surface area contributed by atoms with E-state index in [-0.39, 0.29) is 24.3 Å². The van der Waals surface area contributed by atoms with E-state index in [1.165, 1.54) is 18.5 Å². The maximum Gasteiger partial charge on any atom is 0.416 e. The molecule has 1 aromatic heterocycles. The maximum atomic E-state index is 12.5. The van der Waals surface area contributed by atoms with Crippen LogP contribution in [-0.4, -0.2) is 27.3 Å². The number of amides is 1. The van der Waals surface area contributed by atoms with Gasteiger partial charge in [-0.15, -0.1) is 0 Å². The first-order chi connectivity index (χ1) is 13.3. The van der Waals surface area contributed by atoms with Crippen LogP contribution in [0.3, 0.4) is 0 Å². The van der Waals surface area contributed by atoms with Crippen LogP contribution in [0, 0.1) is 0 Å². The van der Waals surface area contributed by atoms with E-state index in [4.69, 9.17) is 4.74 Å². The number of ether oxygens (including phenoxy) is 1. The Morgan fingerprint density at radius 1 is 1.14 bits per heavy atom. The molecule has 0 aliphatic carbocycles. The minimum absolute atomic E-state index is 0.188. The van der Waals surface area contributed by atoms with Gasteiger partial charge in [0.05, 0.1) is 17.3 Å². The van der Waals surface area contributed by atoms with Crippen LogP contribution in [0.1, 0.15) is 24.1 Å². The Labute approximate surface area is 159 Å². The lowest BCUT2D eigenvalue weighted by Crippen LogP contribution is -2.31. The lowest BCUT2D eigenvalue weighted by atomic mass is 10.1. The number of nitrogens with zero attached hydrogens (tertiary/aromatic N) is 3. The highest BCUT2D eigenvalue weighted by atomic mass is 19.4. The maximum absolute atomic E-state index is 12.5. The molecule has 0 bridgehead atoms. The number of alkyl halides is 3. The molecule has 1 amide bonds. The second-order valence-electron chi connectivity index (χ2n) is 6.03. The Balaban J connectivity index is 1.51. The number of carbonyl (C=O) groups is 1. The van der Waals surface area contributed by atoms with E-state index in [0.29, 0.717) is 0 Å². The van der Waals surface area contributed by atoms with Crippen molar-refractivity contribution in [1.29, 1.82) is 0 Å². The van der Waals surface area contributed by atoms with Crippen molar-refractivity contribution in [3.8, 4) is 11.4 Å². The Bertz CT molecular complexity index is 908. The van der Waals surface area contributed by atoms with Crippen molar-refractivity contribution in [2.75, 3.05) is 6.61 Å². The fraction of sp³-hybridized carbons (Fsp3) is 0.211. The van der Waals surface area contributed by atoms with Gasteiger partial charge in [-0.3, -0.25) is 4.79 Å². The largest absolute Gasteiger partial charge is 0.484 e. The third kappa shape index (κ3) is 4.87. The van der Waals surface area contributed by atoms with Crippen LogP contribution in [0.4, 0.5) is 13.2 Å². The molecule has 1 atom stereocenters. The molecule has 9 heteroatoms. The summed E-state index contributed by atoms with van der Waals surface area (Å²) in [5.74, 6) is -0.194. The van der Waals surface area contributed by atoms with Crippen molar-refractivity contribution in [3.63, 3.8) is 0 Å². The molecule has 6 nitrogen and oxygen atoms in total. The zero-order valence-corrected chi connectivity index (χ0v) is 14.8. The van der Waals surface area contributed by atoms with Crippen molar-refractivity contribution in [2.45, 2.75) is 19.1 Å². The summed E-state index contributed by atoms with van der Waals surface area (Å²) in [6.45, 7) is 1.52. The van der Waals surface area contributed by atoms with Crippen molar-refractivity contribution < 1.29 is 22.7 Å². The molecule has 0 aliphatic heterocycles. The van der Waals surface area contributed by atoms with Crippen molar-refractivity contribution in [1.82, 2.24) is 20.1 Å². The Hall–Kier alpha value is -3.36. The molecule has 28 heavy (non-hydrogen) atoms. The van der Waals surface area contributed by atoms with Gasteiger partial charge < -0.3 is 10.1 Å². The summed E-state index contributed by atoms with van der Waals surface area (Å²) >= 11 is 0. The number of hydrogen-bond donors (Lipinski definition) is 1. The molecule has 2 aromatic carbocycles. The normalized spacial score (nSPS) is 12.4. The number of hydrogen-bond acceptors (Lipinski definition) is 4. The first-order valence-corrected chi connectivity index (χ1v) is 8.37. The number of aromatic nitrogens is 3. The predicted octanol–water partition coefficient (Wildman–Crippen LogP) is 3.54. The molecular weight excluding hydrogens is 373 g/mol. The van der Waals surface area contributed by atoms with Crippen LogP contribution in [0.25, 0.3) is 5.69 Å². The molecule has 3 aromatic rings. The van der Waals surface area contributed by atoms with Crippen LogP contribution in [0.2, 0.25) is 0 Å². The summed E-state index contributed by atoms with van der Waals surface area (Å²) < 4.78 is 44.4. The van der Waals surface area contributed by atoms with Crippen molar-refractivity contribution in [3.05, 3.63) is 72.3 Å². The van der Waals surface area contributed by atoms with Gasteiger partial charge in [0.15, 0.2) is 6.61 Å². The summed E-state index contributed by atoms with van der Waals surface area (Å²) in [6.07, 6.45) is -1.39. The van der Waals surface area contributed by atoms with E-state index in [0.717, 1.165) is 23.4 Å². The molecule has 1 N–H and O–H groups in total. The molecule has 1 heterocycles. The van der Waals surface area contributed by atoms with Gasteiger partial charge in [-0.25, -0.2) is 9.67 Å². The molecule has 0 unspecified atom stereocenters. The number of rotatable bonds is 6. The van der Waals surface area contributed by atoms with Crippen LogP contribution in [0.5, 0.6) is 5.75 Å². The van der Waals surface area contributed by atoms with Gasteiger partial charge in [-0.1, -0.05) is 12.1 Å². The highest BCUT2D eigenvalue weighted by Crippen LogP contribution is 2.30. The van der Waals surface area contributed by atoms with Crippen LogP contribution in [-0.2, 0) is 11.0 Å². The lowest BCUT2D eigenvalue weighted by Gasteiger charge is -2.15. The molecule has 0 fully saturated rings. The zero-order valence-electron chi connectivity index (χ0n) is 14.8. The van der Waals surface area contributed by atoms with Gasteiger partial charge in [0, 0.05) is 0 Å². The molecule has 0 spiro atoms. The van der Waals surface area contributed by atoms with Crippen molar-refractivity contribution >= 4 is 5.91 Å². The zero-order chi connectivity index (χ0) is 20.1. The average Bonchev–Trinajstić information content (AvgIpc) is 3.21. The van der Waals surface area contributed by atoms with E-state index >= 15 is 0 Å². The van der Waals surface area contributed by atoms with E-state index < -0.39 is 11.7 Å². The van der Waals surface area contributed by atoms with Gasteiger partial charge in [-0.05, 0) is 48.9 Å². The Kier molecular flexibility index (Phi) is 5.62. The SMILES string of the molecule is C[C@@H](NC(=O)COc1ccc(C(F)(F)F)cc1)c1ccc(-n2cncn2)cc1. The summed E-state index contributed by atoms with van der Waals surface area (Å²) in [5, 5.41) is 6.82. The predicted molar refractivity (Wildman–Crippen MR) is 94.9 cm³/mol. The summed E-state index contributed by atoms with van der Waals surface area (Å²) in [7, 11) is 0. The number of nitrogens with one attached hydrogen (secondary N) is 1. The average molecular weight is 390 g/mol. The fourth-order valence-corrected chi connectivity index (χ4v) is 2.51. The van der Waals surface area contributed by atoms with Gasteiger partial charge in [0.1, 0.15) is 18.4 Å². The first kappa shape index (κ1) is 19.4. The van der Waals surface area contributed by atoms with Crippen molar-refractivity contribution in [2.24, 2.45) is 0 Å². The second kappa shape index (κ2) is 8.12. The van der Waals surface area contributed by atoms with Crippen LogP contribution >= 0.6 is 0 Å². The van der Waals surface area contributed by atoms with E-state index in [1.807, 2.05) is 31.2 Å². The van der Waals surface area contributed by atoms with E-state index in [9.17, 15) is 18.0 Å². The second-order valence-corrected chi connectivity index (χ2v) is 6.03. The molecule has 0 saturated heterocycles. The first-order valence-electron chi connectivity index (χ1n) is 8.37. The van der Waals surface area contributed by atoms with Gasteiger partial charge >= 0.3 is 6.18 Å². The molecule has 3 rings (SSSR count). The summed E-state index contributed by atoms with van der Waals surface area (Å²) in [4.78, 5) is 15.9. The Morgan fingerprint density at radius 2 is 1.82 bits per heavy atom. The number of carbonyl (C=O) groups excluding carboxylic acids is 1. The topological polar surface area (TPSA) is 69.0 Å². The summed E-state index contributed by atoms with van der Waals surface area (Å²) in [6, 6.07) is 11.3. The highest BCUT2D eigenvalue weighted by Gasteiger charge is 2.30. The quantitative estimate of drug-likeness (QED) is 0.699. The van der Waals surface area contributed by atoms with Crippen LogP contribution < -0.4 is 10.1 Å². The molecule has 0 radical (unpaired) electrons. The van der Waals surface area contributed by atoms with E-state index in [2.05, 4.69) is 15.4 Å². The lowest BCUT2D eigenvalue weighted by molar-refractivity contribution is -0.137. The van der Waals surface area contributed by atoms with Gasteiger partial charge in [0.2, 0.25) is 0 Å². The minimum Gasteiger partial charge on any atom is -0.484 e. The Morgan fingerprint density at radius 3 is 2.39 bits per heavy atom. The summed E-state index contributed by atoms with van der Waals surface area (Å²) in [5.41, 5.74) is 0.949. The molecule has 0 saturated carbocycles. The standard InChI is InChI=1S/C19H17F3N4O2/c1-13(14-2-6-16(7-3-14)26-12-23-11-24-26)25-18(27)10-28-17-8-4-15(5-9-17)19(20,21)22/h2-9,11-13H,10H2,1H3,(H,25,27)/t13-/m1/s1. The fourth-order valence-electron chi connectivity index (χ4n) is 2.51. The number of benzene rings is 2.